The fraction of sp³-hybridized carbons (Fsp3) is 0.568. The summed E-state index contributed by atoms with van der Waals surface area (Å²) >= 11 is 0. The number of halogens is 1. The Balaban J connectivity index is 0.000000353. The van der Waals surface area contributed by atoms with Crippen molar-refractivity contribution >= 4 is 23.9 Å². The Morgan fingerprint density at radius 2 is 1.48 bits per heavy atom. The number of hydrogen-bond acceptors (Lipinski definition) is 7. The van der Waals surface area contributed by atoms with Crippen LogP contribution in [0.2, 0.25) is 0 Å². The Morgan fingerprint density at radius 1 is 0.896 bits per heavy atom. The van der Waals surface area contributed by atoms with Crippen molar-refractivity contribution in [3.8, 4) is 0 Å². The molecule has 2 aromatic rings. The third-order valence-corrected chi connectivity index (χ3v) is 8.56. The standard InChI is InChI=1S/C21H21FN4O3.C12H24N2O.2C2H6/c22-18-6-5-14(12-19(23)15-3-1-2-4-16(15)20(24)28)11-17(18)21(29)26-9-7-25(13-27)8-10-26;1-2-14-9-5-12(6-10-14)15-11-3-7-13-8-4-11;2*1-2/h1-6,11,13,23H,7-10,12H2,(H2,24,28);11-13H,2-10H2,1H3;2*1-2H3. The molecule has 0 aliphatic carbocycles. The summed E-state index contributed by atoms with van der Waals surface area (Å²) in [6.07, 6.45) is 6.79. The van der Waals surface area contributed by atoms with E-state index < -0.39 is 17.6 Å². The van der Waals surface area contributed by atoms with Crippen LogP contribution < -0.4 is 11.1 Å². The number of carbonyl (C=O) groups is 3. The van der Waals surface area contributed by atoms with Gasteiger partial charge in [0.15, 0.2) is 0 Å². The number of likely N-dealkylation sites (tertiary alicyclic amines) is 1. The normalized spacial score (nSPS) is 17.0. The summed E-state index contributed by atoms with van der Waals surface area (Å²) in [4.78, 5) is 40.7. The number of nitrogens with zero attached hydrogens (tertiary/aromatic N) is 3. The maximum absolute atomic E-state index is 14.3. The van der Waals surface area contributed by atoms with Crippen LogP contribution in [0.5, 0.6) is 0 Å². The Kier molecular flexibility index (Phi) is 18.6. The van der Waals surface area contributed by atoms with E-state index in [0.29, 0.717) is 49.5 Å². The molecule has 3 aliphatic heterocycles. The molecule has 5 rings (SSSR count). The van der Waals surface area contributed by atoms with Crippen molar-refractivity contribution < 1.29 is 23.5 Å². The van der Waals surface area contributed by atoms with E-state index >= 15 is 0 Å². The molecule has 11 heteroatoms. The number of ether oxygens (including phenoxy) is 1. The number of carbonyl (C=O) groups excluding carboxylic acids is 3. The minimum atomic E-state index is -0.638. The molecule has 0 radical (unpaired) electrons. The second-order valence-electron chi connectivity index (χ2n) is 11.5. The van der Waals surface area contributed by atoms with Crippen LogP contribution in [0, 0.1) is 11.2 Å². The molecule has 3 fully saturated rings. The van der Waals surface area contributed by atoms with E-state index in [4.69, 9.17) is 15.9 Å². The first kappa shape index (κ1) is 40.5. The molecular formula is C37H57FN6O4. The van der Waals surface area contributed by atoms with Crippen molar-refractivity contribution in [1.29, 1.82) is 5.41 Å². The van der Waals surface area contributed by atoms with Crippen LogP contribution in [0.3, 0.4) is 0 Å². The van der Waals surface area contributed by atoms with Crippen LogP contribution in [0.1, 0.15) is 92.1 Å². The van der Waals surface area contributed by atoms with Gasteiger partial charge in [0.25, 0.3) is 5.91 Å². The molecular weight excluding hydrogens is 611 g/mol. The molecule has 4 N–H and O–H groups in total. The van der Waals surface area contributed by atoms with Gasteiger partial charge in [-0.3, -0.25) is 14.4 Å². The summed E-state index contributed by atoms with van der Waals surface area (Å²) in [5, 5.41) is 11.7. The summed E-state index contributed by atoms with van der Waals surface area (Å²) in [6.45, 7) is 17.7. The molecule has 0 unspecified atom stereocenters. The highest BCUT2D eigenvalue weighted by atomic mass is 19.1. The number of piperazine rings is 1. The van der Waals surface area contributed by atoms with Crippen LogP contribution in [0.15, 0.2) is 42.5 Å². The van der Waals surface area contributed by atoms with Gasteiger partial charge >= 0.3 is 0 Å². The largest absolute Gasteiger partial charge is 0.375 e. The number of amides is 3. The van der Waals surface area contributed by atoms with Crippen LogP contribution in [-0.2, 0) is 16.0 Å². The van der Waals surface area contributed by atoms with E-state index in [2.05, 4.69) is 17.1 Å². The number of nitrogens with two attached hydrogens (primary N) is 1. The number of primary amides is 1. The number of nitrogens with one attached hydrogen (secondary N) is 2. The van der Waals surface area contributed by atoms with Gasteiger partial charge in [-0.05, 0) is 69.1 Å². The predicted octanol–water partition coefficient (Wildman–Crippen LogP) is 4.74. The average molecular weight is 669 g/mol. The fourth-order valence-corrected chi connectivity index (χ4v) is 5.87. The fourth-order valence-electron chi connectivity index (χ4n) is 5.87. The number of hydrogen-bond donors (Lipinski definition) is 3. The lowest BCUT2D eigenvalue weighted by atomic mass is 9.96. The monoisotopic (exact) mass is 668 g/mol. The summed E-state index contributed by atoms with van der Waals surface area (Å²) < 4.78 is 20.5. The minimum absolute atomic E-state index is 0.0713. The quantitative estimate of drug-likeness (QED) is 0.261. The van der Waals surface area contributed by atoms with Gasteiger partial charge in [-0.15, -0.1) is 0 Å². The third kappa shape index (κ3) is 12.4. The topological polar surface area (TPSA) is 132 Å². The van der Waals surface area contributed by atoms with Crippen LogP contribution in [0.25, 0.3) is 0 Å². The van der Waals surface area contributed by atoms with Crippen LogP contribution >= 0.6 is 0 Å². The maximum atomic E-state index is 14.3. The molecule has 266 valence electrons. The molecule has 0 saturated carbocycles. The third-order valence-electron chi connectivity index (χ3n) is 8.56. The summed E-state index contributed by atoms with van der Waals surface area (Å²) in [7, 11) is 0. The second kappa shape index (κ2) is 22.1. The maximum Gasteiger partial charge on any atom is 0.256 e. The van der Waals surface area contributed by atoms with Gasteiger partial charge in [0.1, 0.15) is 5.82 Å². The van der Waals surface area contributed by atoms with E-state index in [9.17, 15) is 18.8 Å². The zero-order valence-electron chi connectivity index (χ0n) is 29.6. The molecule has 3 heterocycles. The zero-order chi connectivity index (χ0) is 35.5. The van der Waals surface area contributed by atoms with E-state index in [1.54, 1.807) is 29.2 Å². The van der Waals surface area contributed by atoms with Gasteiger partial charge in [-0.1, -0.05) is 58.9 Å². The van der Waals surface area contributed by atoms with Gasteiger partial charge in [-0.25, -0.2) is 4.39 Å². The first-order chi connectivity index (χ1) is 23.3. The minimum Gasteiger partial charge on any atom is -0.375 e. The predicted molar refractivity (Wildman–Crippen MR) is 190 cm³/mol. The van der Waals surface area contributed by atoms with Gasteiger partial charge in [0.05, 0.1) is 17.8 Å². The van der Waals surface area contributed by atoms with E-state index in [-0.39, 0.29) is 23.3 Å². The molecule has 0 aromatic heterocycles. The van der Waals surface area contributed by atoms with Gasteiger partial charge in [0, 0.05) is 62.5 Å². The van der Waals surface area contributed by atoms with E-state index in [1.807, 2.05) is 27.7 Å². The zero-order valence-corrected chi connectivity index (χ0v) is 29.6. The highest BCUT2D eigenvalue weighted by molar-refractivity contribution is 6.09. The highest BCUT2D eigenvalue weighted by Gasteiger charge is 2.25. The van der Waals surface area contributed by atoms with Gasteiger partial charge < -0.3 is 35.9 Å². The van der Waals surface area contributed by atoms with Crippen molar-refractivity contribution in [3.63, 3.8) is 0 Å². The molecule has 0 spiro atoms. The highest BCUT2D eigenvalue weighted by Crippen LogP contribution is 2.20. The van der Waals surface area contributed by atoms with Crippen molar-refractivity contribution in [2.45, 2.75) is 78.9 Å². The van der Waals surface area contributed by atoms with Gasteiger partial charge in [-0.2, -0.15) is 0 Å². The summed E-state index contributed by atoms with van der Waals surface area (Å²) in [5.41, 5.74) is 6.66. The molecule has 0 bridgehead atoms. The molecule has 10 nitrogen and oxygen atoms in total. The molecule has 48 heavy (non-hydrogen) atoms. The van der Waals surface area contributed by atoms with Crippen molar-refractivity contribution in [1.82, 2.24) is 20.0 Å². The Morgan fingerprint density at radius 3 is 2.04 bits per heavy atom. The first-order valence-corrected chi connectivity index (χ1v) is 17.6. The smallest absolute Gasteiger partial charge is 0.256 e. The van der Waals surface area contributed by atoms with Crippen molar-refractivity contribution in [2.24, 2.45) is 5.73 Å². The number of piperidine rings is 2. The number of rotatable bonds is 9. The van der Waals surface area contributed by atoms with E-state index in [1.165, 1.54) is 68.4 Å². The average Bonchev–Trinajstić information content (AvgIpc) is 3.15. The Labute approximate surface area is 286 Å². The first-order valence-electron chi connectivity index (χ1n) is 17.6. The molecule has 3 amide bonds. The van der Waals surface area contributed by atoms with Crippen molar-refractivity contribution in [3.05, 3.63) is 70.5 Å². The lowest BCUT2D eigenvalue weighted by Crippen LogP contribution is -2.48. The summed E-state index contributed by atoms with van der Waals surface area (Å²) in [6, 6.07) is 10.7. The SMILES string of the molecule is CC.CC.CCN1CCC(OC2CCNCC2)CC1.N=C(Cc1ccc(F)c(C(=O)N2CCN(C=O)CC2)c1)c1ccccc1C(N)=O. The van der Waals surface area contributed by atoms with Crippen LogP contribution in [-0.4, -0.2) is 110 Å². The molecule has 0 atom stereocenters. The second-order valence-corrected chi connectivity index (χ2v) is 11.5. The Bertz CT molecular complexity index is 1290. The van der Waals surface area contributed by atoms with Gasteiger partial charge in [0.2, 0.25) is 12.3 Å². The molecule has 3 saturated heterocycles. The lowest BCUT2D eigenvalue weighted by Gasteiger charge is -2.34. The summed E-state index contributed by atoms with van der Waals surface area (Å²) in [5.74, 6) is -1.71. The van der Waals surface area contributed by atoms with Crippen LogP contribution in [0.4, 0.5) is 4.39 Å². The van der Waals surface area contributed by atoms with E-state index in [0.717, 1.165) is 19.5 Å². The Hall–Kier alpha value is -3.67. The number of benzene rings is 2. The molecule has 3 aliphatic rings. The molecule has 2 aromatic carbocycles. The lowest BCUT2D eigenvalue weighted by molar-refractivity contribution is -0.119. The van der Waals surface area contributed by atoms with Crippen molar-refractivity contribution in [2.75, 3.05) is 58.9 Å².